The highest BCUT2D eigenvalue weighted by Gasteiger charge is 2.21. The lowest BCUT2D eigenvalue weighted by Crippen LogP contribution is -2.33. The number of nitriles is 1. The van der Waals surface area contributed by atoms with Crippen LogP contribution in [0.2, 0.25) is 5.02 Å². The zero-order chi connectivity index (χ0) is 18.4. The number of hydrogen-bond acceptors (Lipinski definition) is 4. The lowest BCUT2D eigenvalue weighted by molar-refractivity contribution is -0.116. The quantitative estimate of drug-likeness (QED) is 0.837. The van der Waals surface area contributed by atoms with Gasteiger partial charge in [0, 0.05) is 13.0 Å². The van der Waals surface area contributed by atoms with Crippen LogP contribution in [0.25, 0.3) is 0 Å². The van der Waals surface area contributed by atoms with Crippen LogP contribution in [0.5, 0.6) is 0 Å². The predicted octanol–water partition coefficient (Wildman–Crippen LogP) is 3.01. The first-order valence-electron chi connectivity index (χ1n) is 7.34. The minimum Gasteiger partial charge on any atom is -0.325 e. The van der Waals surface area contributed by atoms with Crippen molar-refractivity contribution in [3.8, 4) is 6.07 Å². The summed E-state index contributed by atoms with van der Waals surface area (Å²) >= 11 is 5.98. The first kappa shape index (κ1) is 18.8. The van der Waals surface area contributed by atoms with Crippen LogP contribution in [0.3, 0.4) is 0 Å². The molecule has 8 heteroatoms. The standard InChI is InChI=1S/C17H16ClN3O3S/c1-25(23,24)21(16-9-5-2-6-13(16)12-19)11-10-17(22)20-15-8-4-3-7-14(15)18/h2-9H,10-11H2,1H3,(H,20,22). The number of carbonyl (C=O) groups is 1. The number of rotatable bonds is 6. The third-order valence-corrected chi connectivity index (χ3v) is 4.89. The maximum absolute atomic E-state index is 12.1. The molecule has 0 aliphatic heterocycles. The second-order valence-corrected chi connectivity index (χ2v) is 7.56. The molecule has 1 amide bonds. The maximum Gasteiger partial charge on any atom is 0.232 e. The third kappa shape index (κ3) is 4.95. The van der Waals surface area contributed by atoms with Crippen molar-refractivity contribution in [2.24, 2.45) is 0 Å². The maximum atomic E-state index is 12.1. The fourth-order valence-electron chi connectivity index (χ4n) is 2.23. The van der Waals surface area contributed by atoms with Crippen LogP contribution in [0.4, 0.5) is 11.4 Å². The van der Waals surface area contributed by atoms with Gasteiger partial charge in [0.2, 0.25) is 15.9 Å². The summed E-state index contributed by atoms with van der Waals surface area (Å²) < 4.78 is 25.2. The summed E-state index contributed by atoms with van der Waals surface area (Å²) in [6.07, 6.45) is 0.950. The van der Waals surface area contributed by atoms with Crippen LogP contribution in [0.1, 0.15) is 12.0 Å². The number of nitrogens with zero attached hydrogens (tertiary/aromatic N) is 2. The van der Waals surface area contributed by atoms with E-state index in [2.05, 4.69) is 5.32 Å². The normalized spacial score (nSPS) is 10.8. The van der Waals surface area contributed by atoms with Crippen molar-refractivity contribution in [1.82, 2.24) is 0 Å². The number of hydrogen-bond donors (Lipinski definition) is 1. The summed E-state index contributed by atoms with van der Waals surface area (Å²) in [7, 11) is -3.65. The molecular weight excluding hydrogens is 362 g/mol. The highest BCUT2D eigenvalue weighted by atomic mass is 35.5. The van der Waals surface area contributed by atoms with E-state index >= 15 is 0 Å². The van der Waals surface area contributed by atoms with Gasteiger partial charge in [-0.05, 0) is 24.3 Å². The molecule has 0 atom stereocenters. The highest BCUT2D eigenvalue weighted by molar-refractivity contribution is 7.92. The minimum atomic E-state index is -3.65. The third-order valence-electron chi connectivity index (χ3n) is 3.38. The predicted molar refractivity (Wildman–Crippen MR) is 98.0 cm³/mol. The van der Waals surface area contributed by atoms with Gasteiger partial charge in [0.05, 0.1) is 28.2 Å². The molecule has 0 aliphatic carbocycles. The monoisotopic (exact) mass is 377 g/mol. The molecule has 0 saturated carbocycles. The molecule has 130 valence electrons. The zero-order valence-corrected chi connectivity index (χ0v) is 15.0. The van der Waals surface area contributed by atoms with Gasteiger partial charge in [-0.25, -0.2) is 8.42 Å². The molecule has 0 fully saturated rings. The number of para-hydroxylation sites is 2. The van der Waals surface area contributed by atoms with Gasteiger partial charge < -0.3 is 5.32 Å². The summed E-state index contributed by atoms with van der Waals surface area (Å²) in [5.41, 5.74) is 0.926. The minimum absolute atomic E-state index is 0.0853. The molecule has 2 aromatic carbocycles. The number of anilines is 2. The Morgan fingerprint density at radius 1 is 1.20 bits per heavy atom. The van der Waals surface area contributed by atoms with E-state index in [9.17, 15) is 18.5 Å². The van der Waals surface area contributed by atoms with Crippen LogP contribution in [0.15, 0.2) is 48.5 Å². The second kappa shape index (κ2) is 8.01. The van der Waals surface area contributed by atoms with E-state index in [1.54, 1.807) is 36.4 Å². The topological polar surface area (TPSA) is 90.3 Å². The Bertz CT molecular complexity index is 923. The lowest BCUT2D eigenvalue weighted by Gasteiger charge is -2.23. The van der Waals surface area contributed by atoms with Crippen molar-refractivity contribution in [3.05, 3.63) is 59.1 Å². The molecular formula is C17H16ClN3O3S. The van der Waals surface area contributed by atoms with Gasteiger partial charge in [-0.2, -0.15) is 5.26 Å². The Hall–Kier alpha value is -2.56. The molecule has 25 heavy (non-hydrogen) atoms. The van der Waals surface area contributed by atoms with Crippen LogP contribution in [-0.4, -0.2) is 27.1 Å². The fourth-order valence-corrected chi connectivity index (χ4v) is 3.35. The summed E-state index contributed by atoms with van der Waals surface area (Å²) in [5, 5.41) is 12.2. The zero-order valence-electron chi connectivity index (χ0n) is 13.4. The van der Waals surface area contributed by atoms with Gasteiger partial charge in [-0.3, -0.25) is 9.10 Å². The average molecular weight is 378 g/mol. The van der Waals surface area contributed by atoms with Crippen LogP contribution in [0, 0.1) is 11.3 Å². The molecule has 0 aliphatic rings. The van der Waals surface area contributed by atoms with E-state index in [0.717, 1.165) is 10.6 Å². The molecule has 0 unspecified atom stereocenters. The molecule has 0 spiro atoms. The molecule has 2 rings (SSSR count). The van der Waals surface area contributed by atoms with Gasteiger partial charge in [0.25, 0.3) is 0 Å². The highest BCUT2D eigenvalue weighted by Crippen LogP contribution is 2.23. The van der Waals surface area contributed by atoms with E-state index in [-0.39, 0.29) is 30.1 Å². The average Bonchev–Trinajstić information content (AvgIpc) is 2.56. The molecule has 1 N–H and O–H groups in total. The van der Waals surface area contributed by atoms with Gasteiger partial charge >= 0.3 is 0 Å². The summed E-state index contributed by atoms with van der Waals surface area (Å²) in [5.74, 6) is -0.379. The molecule has 0 bridgehead atoms. The molecule has 0 heterocycles. The van der Waals surface area contributed by atoms with Gasteiger partial charge in [-0.15, -0.1) is 0 Å². The van der Waals surface area contributed by atoms with E-state index in [0.29, 0.717) is 10.7 Å². The lowest BCUT2D eigenvalue weighted by atomic mass is 10.2. The Balaban J connectivity index is 2.15. The van der Waals surface area contributed by atoms with Gasteiger partial charge in [0.15, 0.2) is 0 Å². The molecule has 2 aromatic rings. The number of halogens is 1. The molecule has 0 saturated heterocycles. The van der Waals surface area contributed by atoms with Gasteiger partial charge in [0.1, 0.15) is 6.07 Å². The number of carbonyl (C=O) groups excluding carboxylic acids is 1. The molecule has 0 radical (unpaired) electrons. The molecule has 0 aromatic heterocycles. The smallest absolute Gasteiger partial charge is 0.232 e. The summed E-state index contributed by atoms with van der Waals surface area (Å²) in [4.78, 5) is 12.1. The number of amides is 1. The largest absolute Gasteiger partial charge is 0.325 e. The number of nitrogens with one attached hydrogen (secondary N) is 1. The van der Waals surface area contributed by atoms with E-state index < -0.39 is 10.0 Å². The fraction of sp³-hybridized carbons (Fsp3) is 0.176. The summed E-state index contributed by atoms with van der Waals surface area (Å²) in [6.45, 7) is -0.0895. The Labute approximate surface area is 151 Å². The SMILES string of the molecule is CS(=O)(=O)N(CCC(=O)Nc1ccccc1Cl)c1ccccc1C#N. The van der Waals surface area contributed by atoms with Gasteiger partial charge in [-0.1, -0.05) is 35.9 Å². The van der Waals surface area contributed by atoms with E-state index in [1.165, 1.54) is 12.1 Å². The van der Waals surface area contributed by atoms with Crippen molar-refractivity contribution in [1.29, 1.82) is 5.26 Å². The van der Waals surface area contributed by atoms with E-state index in [4.69, 9.17) is 11.6 Å². The Kier molecular flexibility index (Phi) is 6.02. The Morgan fingerprint density at radius 2 is 1.84 bits per heavy atom. The van der Waals surface area contributed by atoms with Crippen LogP contribution >= 0.6 is 11.6 Å². The van der Waals surface area contributed by atoms with Crippen molar-refractivity contribution in [2.45, 2.75) is 6.42 Å². The van der Waals surface area contributed by atoms with Crippen molar-refractivity contribution in [2.75, 3.05) is 22.4 Å². The second-order valence-electron chi connectivity index (χ2n) is 5.24. The number of sulfonamides is 1. The first-order valence-corrected chi connectivity index (χ1v) is 9.57. The van der Waals surface area contributed by atoms with Crippen molar-refractivity contribution in [3.63, 3.8) is 0 Å². The summed E-state index contributed by atoms with van der Waals surface area (Å²) in [6, 6.07) is 15.1. The van der Waals surface area contributed by atoms with Crippen molar-refractivity contribution < 1.29 is 13.2 Å². The number of benzene rings is 2. The van der Waals surface area contributed by atoms with E-state index in [1.807, 2.05) is 6.07 Å². The Morgan fingerprint density at radius 3 is 2.48 bits per heavy atom. The van der Waals surface area contributed by atoms with Crippen LogP contribution in [-0.2, 0) is 14.8 Å². The first-order chi connectivity index (χ1) is 11.8. The van der Waals surface area contributed by atoms with Crippen molar-refractivity contribution >= 4 is 38.9 Å². The molecule has 6 nitrogen and oxygen atoms in total. The van der Waals surface area contributed by atoms with Crippen LogP contribution < -0.4 is 9.62 Å².